The maximum Gasteiger partial charge on any atom is 0.249 e. The zero-order valence-electron chi connectivity index (χ0n) is 25.8. The van der Waals surface area contributed by atoms with Gasteiger partial charge in [-0.2, -0.15) is 0 Å². The molecule has 0 radical (unpaired) electrons. The molecule has 230 valence electrons. The van der Waals surface area contributed by atoms with E-state index in [1.807, 2.05) is 6.08 Å². The standard InChI is InChI=1S/C34H65NO4/c1-3-5-7-9-11-13-15-16-17-19-21-23-25-27-29-33(38)34(39)35-31(30-36)32(37)28-26-24-22-20-18-14-12-10-8-6-4-2/h13,15,26,28,31-33,36-38H,3-12,14,16-25,27,29-30H2,1-2H3,(H,35,39)/b15-13-,28-26+. The minimum absolute atomic E-state index is 0.365. The van der Waals surface area contributed by atoms with Crippen LogP contribution in [0.15, 0.2) is 24.3 Å². The van der Waals surface area contributed by atoms with Gasteiger partial charge in [-0.05, 0) is 44.9 Å². The van der Waals surface area contributed by atoms with E-state index in [4.69, 9.17) is 0 Å². The lowest BCUT2D eigenvalue weighted by Crippen LogP contribution is -2.48. The predicted octanol–water partition coefficient (Wildman–Crippen LogP) is 8.31. The van der Waals surface area contributed by atoms with Crippen LogP contribution < -0.4 is 5.32 Å². The summed E-state index contributed by atoms with van der Waals surface area (Å²) in [5.74, 6) is -0.512. The van der Waals surface area contributed by atoms with Crippen molar-refractivity contribution in [2.24, 2.45) is 0 Å². The number of hydrogen-bond donors (Lipinski definition) is 4. The number of rotatable bonds is 29. The first-order valence-electron chi connectivity index (χ1n) is 16.7. The summed E-state index contributed by atoms with van der Waals surface area (Å²) in [6, 6.07) is -0.795. The van der Waals surface area contributed by atoms with E-state index in [-0.39, 0.29) is 6.61 Å². The molecule has 5 nitrogen and oxygen atoms in total. The highest BCUT2D eigenvalue weighted by atomic mass is 16.3. The van der Waals surface area contributed by atoms with Crippen molar-refractivity contribution in [1.82, 2.24) is 5.32 Å². The Morgan fingerprint density at radius 1 is 0.615 bits per heavy atom. The van der Waals surface area contributed by atoms with Crippen LogP contribution in [0.25, 0.3) is 0 Å². The molecule has 4 N–H and O–H groups in total. The average molecular weight is 552 g/mol. The van der Waals surface area contributed by atoms with E-state index in [1.54, 1.807) is 6.08 Å². The van der Waals surface area contributed by atoms with Crippen molar-refractivity contribution in [2.75, 3.05) is 6.61 Å². The Labute approximate surface area is 241 Å². The second kappa shape index (κ2) is 29.8. The van der Waals surface area contributed by atoms with Gasteiger partial charge in [0.2, 0.25) is 5.91 Å². The van der Waals surface area contributed by atoms with Gasteiger partial charge in [-0.25, -0.2) is 0 Å². The summed E-state index contributed by atoms with van der Waals surface area (Å²) in [7, 11) is 0. The van der Waals surface area contributed by atoms with E-state index in [1.165, 1.54) is 109 Å². The highest BCUT2D eigenvalue weighted by molar-refractivity contribution is 5.80. The maximum absolute atomic E-state index is 12.3. The first kappa shape index (κ1) is 37.8. The highest BCUT2D eigenvalue weighted by Gasteiger charge is 2.22. The van der Waals surface area contributed by atoms with Crippen molar-refractivity contribution in [1.29, 1.82) is 0 Å². The van der Waals surface area contributed by atoms with Gasteiger partial charge < -0.3 is 20.6 Å². The minimum atomic E-state index is -1.10. The lowest BCUT2D eigenvalue weighted by atomic mass is 10.0. The molecule has 0 aromatic heterocycles. The SMILES string of the molecule is CCCCCC/C=C\CCCCCCCCC(O)C(=O)NC(CO)C(O)/C=C/CCCCCCCCCCC. The fourth-order valence-electron chi connectivity index (χ4n) is 4.82. The third-order valence-electron chi connectivity index (χ3n) is 7.54. The Morgan fingerprint density at radius 3 is 1.51 bits per heavy atom. The Morgan fingerprint density at radius 2 is 1.03 bits per heavy atom. The summed E-state index contributed by atoms with van der Waals surface area (Å²) in [5, 5.41) is 32.8. The number of unbranched alkanes of at least 4 members (excludes halogenated alkanes) is 19. The largest absolute Gasteiger partial charge is 0.394 e. The quantitative estimate of drug-likeness (QED) is 0.0556. The number of nitrogens with one attached hydrogen (secondary N) is 1. The van der Waals surface area contributed by atoms with E-state index >= 15 is 0 Å². The maximum atomic E-state index is 12.3. The Balaban J connectivity index is 3.81. The molecule has 0 heterocycles. The molecule has 0 aromatic rings. The molecular formula is C34H65NO4. The second-order valence-electron chi connectivity index (χ2n) is 11.4. The van der Waals surface area contributed by atoms with Gasteiger partial charge in [0.25, 0.3) is 0 Å². The third-order valence-corrected chi connectivity index (χ3v) is 7.54. The number of aliphatic hydroxyl groups is 3. The van der Waals surface area contributed by atoms with Crippen molar-refractivity contribution in [3.63, 3.8) is 0 Å². The Hall–Kier alpha value is -1.17. The molecule has 0 saturated carbocycles. The molecule has 0 aromatic carbocycles. The van der Waals surface area contributed by atoms with Crippen LogP contribution in [0, 0.1) is 0 Å². The number of aliphatic hydroxyl groups excluding tert-OH is 3. The van der Waals surface area contributed by atoms with E-state index in [0.717, 1.165) is 32.1 Å². The van der Waals surface area contributed by atoms with E-state index in [2.05, 4.69) is 31.3 Å². The molecule has 0 saturated heterocycles. The number of allylic oxidation sites excluding steroid dienone is 3. The van der Waals surface area contributed by atoms with Gasteiger partial charge in [0.15, 0.2) is 0 Å². The van der Waals surface area contributed by atoms with Gasteiger partial charge in [0.05, 0.1) is 18.8 Å². The summed E-state index contributed by atoms with van der Waals surface area (Å²) in [5.41, 5.74) is 0. The summed E-state index contributed by atoms with van der Waals surface area (Å²) < 4.78 is 0. The molecule has 0 spiro atoms. The van der Waals surface area contributed by atoms with Crippen molar-refractivity contribution in [3.8, 4) is 0 Å². The molecule has 3 atom stereocenters. The molecule has 0 aliphatic rings. The van der Waals surface area contributed by atoms with Crippen molar-refractivity contribution in [2.45, 2.75) is 180 Å². The van der Waals surface area contributed by atoms with Crippen LogP contribution in [-0.2, 0) is 4.79 Å². The average Bonchev–Trinajstić information content (AvgIpc) is 2.94. The van der Waals surface area contributed by atoms with E-state index < -0.39 is 24.2 Å². The number of hydrogen-bond acceptors (Lipinski definition) is 4. The topological polar surface area (TPSA) is 89.8 Å². The Kier molecular flexibility index (Phi) is 28.9. The zero-order chi connectivity index (χ0) is 28.8. The van der Waals surface area contributed by atoms with Crippen LogP contribution in [0.3, 0.4) is 0 Å². The summed E-state index contributed by atoms with van der Waals surface area (Å²) in [6.45, 7) is 4.12. The molecule has 0 aliphatic carbocycles. The van der Waals surface area contributed by atoms with Crippen molar-refractivity contribution >= 4 is 5.91 Å². The van der Waals surface area contributed by atoms with Gasteiger partial charge >= 0.3 is 0 Å². The summed E-state index contributed by atoms with van der Waals surface area (Å²) in [4.78, 5) is 12.3. The molecule has 0 fully saturated rings. The lowest BCUT2D eigenvalue weighted by Gasteiger charge is -2.21. The highest BCUT2D eigenvalue weighted by Crippen LogP contribution is 2.13. The van der Waals surface area contributed by atoms with Crippen LogP contribution in [-0.4, -0.2) is 46.1 Å². The number of carbonyl (C=O) groups is 1. The molecule has 0 rings (SSSR count). The molecule has 3 unspecified atom stereocenters. The number of amides is 1. The van der Waals surface area contributed by atoms with Gasteiger partial charge in [-0.15, -0.1) is 0 Å². The zero-order valence-corrected chi connectivity index (χ0v) is 25.8. The number of carbonyl (C=O) groups excluding carboxylic acids is 1. The molecule has 0 aliphatic heterocycles. The molecule has 39 heavy (non-hydrogen) atoms. The fourth-order valence-corrected chi connectivity index (χ4v) is 4.82. The monoisotopic (exact) mass is 551 g/mol. The fraction of sp³-hybridized carbons (Fsp3) is 0.853. The summed E-state index contributed by atoms with van der Waals surface area (Å²) >= 11 is 0. The molecule has 0 bridgehead atoms. The van der Waals surface area contributed by atoms with Crippen molar-refractivity contribution < 1.29 is 20.1 Å². The van der Waals surface area contributed by atoms with Crippen LogP contribution in [0.2, 0.25) is 0 Å². The third kappa shape index (κ3) is 25.5. The van der Waals surface area contributed by atoms with Crippen LogP contribution in [0.4, 0.5) is 0 Å². The molecule has 1 amide bonds. The molecular weight excluding hydrogens is 486 g/mol. The summed E-state index contributed by atoms with van der Waals surface area (Å²) in [6.07, 6.45) is 33.2. The van der Waals surface area contributed by atoms with E-state index in [9.17, 15) is 20.1 Å². The van der Waals surface area contributed by atoms with Gasteiger partial charge in [-0.1, -0.05) is 141 Å². The predicted molar refractivity (Wildman–Crippen MR) is 167 cm³/mol. The van der Waals surface area contributed by atoms with E-state index in [0.29, 0.717) is 6.42 Å². The molecule has 5 heteroatoms. The van der Waals surface area contributed by atoms with Gasteiger partial charge in [0, 0.05) is 0 Å². The van der Waals surface area contributed by atoms with Crippen LogP contribution >= 0.6 is 0 Å². The normalized spacial score (nSPS) is 14.3. The van der Waals surface area contributed by atoms with Crippen molar-refractivity contribution in [3.05, 3.63) is 24.3 Å². The second-order valence-corrected chi connectivity index (χ2v) is 11.4. The first-order chi connectivity index (χ1) is 19.1. The van der Waals surface area contributed by atoms with Crippen LogP contribution in [0.1, 0.15) is 162 Å². The Bertz CT molecular complexity index is 578. The first-order valence-corrected chi connectivity index (χ1v) is 16.7. The minimum Gasteiger partial charge on any atom is -0.394 e. The van der Waals surface area contributed by atoms with Crippen LogP contribution in [0.5, 0.6) is 0 Å². The smallest absolute Gasteiger partial charge is 0.249 e. The van der Waals surface area contributed by atoms with Gasteiger partial charge in [0.1, 0.15) is 6.10 Å². The lowest BCUT2D eigenvalue weighted by molar-refractivity contribution is -0.131. The van der Waals surface area contributed by atoms with Gasteiger partial charge in [-0.3, -0.25) is 4.79 Å².